The van der Waals surface area contributed by atoms with Crippen molar-refractivity contribution >= 4 is 7.05 Å². The summed E-state index contributed by atoms with van der Waals surface area (Å²) in [6, 6.07) is 10.4. The Bertz CT molecular complexity index is 1220. The summed E-state index contributed by atoms with van der Waals surface area (Å²) in [7, 11) is -2.10. The first-order valence-electron chi connectivity index (χ1n) is 14.9. The van der Waals surface area contributed by atoms with E-state index in [1.807, 2.05) is 0 Å². The SMILES string of the molecule is CC(C)P(=N)(C(C)C)C1c2cc3c(cc2-c2cc4c(cc21)C(C)(C)CCC4(C)C)C(C)(C)CCC3(C)C. The van der Waals surface area contributed by atoms with Crippen LogP contribution in [0.25, 0.3) is 11.1 Å². The second-order valence-electron chi connectivity index (χ2n) is 15.9. The zero-order valence-electron chi connectivity index (χ0n) is 25.8. The fraction of sp³-hybridized carbons (Fsp3) is 0.657. The van der Waals surface area contributed by atoms with Crippen LogP contribution < -0.4 is 0 Å². The van der Waals surface area contributed by atoms with E-state index in [0.717, 1.165) is 0 Å². The van der Waals surface area contributed by atoms with Gasteiger partial charge in [-0.2, -0.15) is 0 Å². The van der Waals surface area contributed by atoms with Crippen LogP contribution in [-0.4, -0.2) is 11.3 Å². The van der Waals surface area contributed by atoms with Gasteiger partial charge in [-0.25, -0.2) is 0 Å². The standard InChI is InChI=1S/C35H52NP/c1-21(2)37(36,22(3)4)31-25-19-29-27(32(5,6)13-15-34(29,9)10)17-23(25)24-18-28-30(20-26(24)31)35(11,12)16-14-33(28,7)8/h17-22,31,36H,13-16H2,1-12H3. The molecule has 0 aromatic heterocycles. The molecule has 37 heavy (non-hydrogen) atoms. The van der Waals surface area contributed by atoms with Crippen LogP contribution in [0.4, 0.5) is 0 Å². The predicted octanol–water partition coefficient (Wildman–Crippen LogP) is 11.1. The van der Waals surface area contributed by atoms with E-state index in [-0.39, 0.29) is 27.3 Å². The Kier molecular flexibility index (Phi) is 5.96. The van der Waals surface area contributed by atoms with Crippen molar-refractivity contribution in [1.29, 1.82) is 5.16 Å². The smallest absolute Gasteiger partial charge is 0.0454 e. The molecule has 1 N–H and O–H groups in total. The van der Waals surface area contributed by atoms with Crippen molar-refractivity contribution in [3.63, 3.8) is 0 Å². The molecule has 1 nitrogen and oxygen atoms in total. The lowest BCUT2D eigenvalue weighted by Gasteiger charge is -2.43. The van der Waals surface area contributed by atoms with Crippen molar-refractivity contribution in [1.82, 2.24) is 0 Å². The van der Waals surface area contributed by atoms with Crippen molar-refractivity contribution in [2.75, 3.05) is 0 Å². The van der Waals surface area contributed by atoms with Gasteiger partial charge in [0.25, 0.3) is 0 Å². The summed E-state index contributed by atoms with van der Waals surface area (Å²) in [5, 5.41) is 10.2. The predicted molar refractivity (Wildman–Crippen MR) is 164 cm³/mol. The highest BCUT2D eigenvalue weighted by atomic mass is 31.2. The Morgan fingerprint density at radius 3 is 1.11 bits per heavy atom. The van der Waals surface area contributed by atoms with E-state index in [9.17, 15) is 5.16 Å². The molecule has 0 spiro atoms. The van der Waals surface area contributed by atoms with Crippen molar-refractivity contribution in [2.24, 2.45) is 0 Å². The van der Waals surface area contributed by atoms with Gasteiger partial charge in [0.2, 0.25) is 0 Å². The second kappa shape index (κ2) is 8.10. The maximum atomic E-state index is 10.2. The molecule has 0 fully saturated rings. The van der Waals surface area contributed by atoms with Gasteiger partial charge >= 0.3 is 0 Å². The third-order valence-corrected chi connectivity index (χ3v) is 15.9. The maximum Gasteiger partial charge on any atom is 0.0454 e. The molecule has 5 rings (SSSR count). The molecule has 202 valence electrons. The van der Waals surface area contributed by atoms with E-state index in [1.165, 1.54) is 47.9 Å². The monoisotopic (exact) mass is 517 g/mol. The van der Waals surface area contributed by atoms with Crippen molar-refractivity contribution in [2.45, 2.75) is 147 Å². The van der Waals surface area contributed by atoms with Gasteiger partial charge in [-0.3, -0.25) is 0 Å². The molecule has 0 aliphatic heterocycles. The minimum atomic E-state index is -2.10. The van der Waals surface area contributed by atoms with Gasteiger partial charge in [-0.05, 0) is 122 Å². The molecule has 3 aliphatic carbocycles. The Labute approximate surface area is 228 Å². The van der Waals surface area contributed by atoms with Gasteiger partial charge in [0, 0.05) is 5.66 Å². The average Bonchev–Trinajstić information content (AvgIpc) is 3.11. The first-order chi connectivity index (χ1) is 16.8. The molecule has 3 aliphatic rings. The Morgan fingerprint density at radius 1 is 0.568 bits per heavy atom. The topological polar surface area (TPSA) is 23.9 Å². The van der Waals surface area contributed by atoms with E-state index < -0.39 is 7.05 Å². The van der Waals surface area contributed by atoms with Crippen molar-refractivity contribution in [3.8, 4) is 11.1 Å². The molecule has 0 heterocycles. The van der Waals surface area contributed by atoms with Gasteiger partial charge < -0.3 is 5.16 Å². The lowest BCUT2D eigenvalue weighted by atomic mass is 9.62. The fourth-order valence-electron chi connectivity index (χ4n) is 8.00. The van der Waals surface area contributed by atoms with E-state index in [0.29, 0.717) is 11.3 Å². The van der Waals surface area contributed by atoms with Crippen LogP contribution in [0.1, 0.15) is 148 Å². The van der Waals surface area contributed by atoms with Gasteiger partial charge in [0.15, 0.2) is 0 Å². The van der Waals surface area contributed by atoms with Gasteiger partial charge in [0.1, 0.15) is 0 Å². The van der Waals surface area contributed by atoms with Crippen LogP contribution in [0.15, 0.2) is 24.3 Å². The van der Waals surface area contributed by atoms with Gasteiger partial charge in [-0.1, -0.05) is 95.2 Å². The van der Waals surface area contributed by atoms with Crippen molar-refractivity contribution < 1.29 is 0 Å². The van der Waals surface area contributed by atoms with Gasteiger partial charge in [-0.15, -0.1) is 0 Å². The molecule has 0 radical (unpaired) electrons. The highest BCUT2D eigenvalue weighted by Gasteiger charge is 2.47. The Hall–Kier alpha value is -1.33. The summed E-state index contributed by atoms with van der Waals surface area (Å²) >= 11 is 0. The molecule has 0 atom stereocenters. The van der Waals surface area contributed by atoms with Crippen LogP contribution >= 0.6 is 7.05 Å². The quantitative estimate of drug-likeness (QED) is 0.391. The van der Waals surface area contributed by atoms with E-state index >= 15 is 0 Å². The number of fused-ring (bicyclic) bond motifs is 5. The zero-order chi connectivity index (χ0) is 27.5. The van der Waals surface area contributed by atoms with Crippen LogP contribution in [-0.2, 0) is 21.7 Å². The zero-order valence-corrected chi connectivity index (χ0v) is 26.7. The molecule has 0 unspecified atom stereocenters. The molecule has 2 aromatic rings. The molecule has 0 saturated heterocycles. The van der Waals surface area contributed by atoms with Crippen LogP contribution in [0.2, 0.25) is 0 Å². The minimum Gasteiger partial charge on any atom is -0.317 e. The summed E-state index contributed by atoms with van der Waals surface area (Å²) < 4.78 is 0. The summed E-state index contributed by atoms with van der Waals surface area (Å²) in [4.78, 5) is 0. The molecule has 0 amide bonds. The lowest BCUT2D eigenvalue weighted by Crippen LogP contribution is -2.34. The number of hydrogen-bond donors (Lipinski definition) is 1. The van der Waals surface area contributed by atoms with Crippen LogP contribution in [0.5, 0.6) is 0 Å². The van der Waals surface area contributed by atoms with Crippen LogP contribution in [0, 0.1) is 5.16 Å². The highest BCUT2D eigenvalue weighted by Crippen LogP contribution is 2.73. The summed E-state index contributed by atoms with van der Waals surface area (Å²) in [6.07, 6.45) is 4.94. The van der Waals surface area contributed by atoms with Crippen molar-refractivity contribution in [3.05, 3.63) is 57.6 Å². The van der Waals surface area contributed by atoms with E-state index in [4.69, 9.17) is 0 Å². The second-order valence-corrected chi connectivity index (χ2v) is 20.2. The Morgan fingerprint density at radius 2 is 0.838 bits per heavy atom. The summed E-state index contributed by atoms with van der Waals surface area (Å²) in [5.74, 6) is 0. The lowest BCUT2D eigenvalue weighted by molar-refractivity contribution is 0.331. The molecule has 2 aromatic carbocycles. The maximum absolute atomic E-state index is 10.2. The minimum absolute atomic E-state index is 0.182. The molecule has 0 saturated carbocycles. The van der Waals surface area contributed by atoms with E-state index in [2.05, 4.69) is 107 Å². The molecular formula is C35H52NP. The third kappa shape index (κ3) is 3.80. The molecular weight excluding hydrogens is 465 g/mol. The Balaban J connectivity index is 1.90. The molecule has 2 heteroatoms. The number of hydrogen-bond acceptors (Lipinski definition) is 1. The van der Waals surface area contributed by atoms with E-state index in [1.54, 1.807) is 22.3 Å². The largest absolute Gasteiger partial charge is 0.317 e. The first kappa shape index (κ1) is 27.2. The number of nitrogens with one attached hydrogen (secondary N) is 1. The third-order valence-electron chi connectivity index (χ3n) is 11.1. The highest BCUT2D eigenvalue weighted by molar-refractivity contribution is 7.67. The number of benzene rings is 2. The average molecular weight is 518 g/mol. The molecule has 0 bridgehead atoms. The fourth-order valence-corrected chi connectivity index (χ4v) is 11.7. The van der Waals surface area contributed by atoms with Crippen LogP contribution in [0.3, 0.4) is 0 Å². The normalized spacial score (nSPS) is 23.0. The van der Waals surface area contributed by atoms with Gasteiger partial charge in [0.05, 0.1) is 0 Å². The summed E-state index contributed by atoms with van der Waals surface area (Å²) in [6.45, 7) is 28.9. The first-order valence-corrected chi connectivity index (χ1v) is 16.9. The summed E-state index contributed by atoms with van der Waals surface area (Å²) in [5.41, 5.74) is 13.7. The number of rotatable bonds is 3.